The summed E-state index contributed by atoms with van der Waals surface area (Å²) < 4.78 is 0. The highest BCUT2D eigenvalue weighted by Crippen LogP contribution is 2.26. The van der Waals surface area contributed by atoms with Crippen molar-refractivity contribution in [1.29, 1.82) is 0 Å². The monoisotopic (exact) mass is 319 g/mol. The molecule has 1 heterocycles. The molecule has 0 atom stereocenters. The summed E-state index contributed by atoms with van der Waals surface area (Å²) in [5, 5.41) is 10.4. The van der Waals surface area contributed by atoms with Crippen molar-refractivity contribution in [3.05, 3.63) is 66.2 Å². The fourth-order valence-electron chi connectivity index (χ4n) is 2.54. The molecule has 0 aliphatic carbocycles. The van der Waals surface area contributed by atoms with Gasteiger partial charge in [0.15, 0.2) is 0 Å². The van der Waals surface area contributed by atoms with Gasteiger partial charge in [-0.25, -0.2) is 0 Å². The first kappa shape index (κ1) is 16.0. The molecule has 4 heteroatoms. The van der Waals surface area contributed by atoms with Gasteiger partial charge in [-0.2, -0.15) is 5.10 Å². The third-order valence-electron chi connectivity index (χ3n) is 3.60. The predicted molar refractivity (Wildman–Crippen MR) is 96.7 cm³/mol. The van der Waals surface area contributed by atoms with Crippen LogP contribution in [0.3, 0.4) is 0 Å². The molecule has 0 aliphatic heterocycles. The van der Waals surface area contributed by atoms with E-state index in [2.05, 4.69) is 15.5 Å². The van der Waals surface area contributed by atoms with Crippen molar-refractivity contribution in [2.24, 2.45) is 0 Å². The first-order chi connectivity index (χ1) is 11.4. The molecule has 0 radical (unpaired) electrons. The zero-order valence-electron chi connectivity index (χ0n) is 14.1. The standard InChI is InChI=1S/C20H21N3O/c1-20(2,3)21-19(24)16-12-8-7-11-15(16)18-13-17(22-23-18)14-9-5-4-6-10-14/h4-13H,1-3H3,(H,21,24)(H,22,23). The molecule has 24 heavy (non-hydrogen) atoms. The molecule has 3 aromatic rings. The summed E-state index contributed by atoms with van der Waals surface area (Å²) in [5.74, 6) is -0.0889. The van der Waals surface area contributed by atoms with E-state index in [4.69, 9.17) is 0 Å². The molecule has 1 amide bonds. The lowest BCUT2D eigenvalue weighted by molar-refractivity contribution is 0.0920. The second-order valence-corrected chi connectivity index (χ2v) is 6.78. The average Bonchev–Trinajstić information content (AvgIpc) is 3.04. The number of hydrogen-bond donors (Lipinski definition) is 2. The quantitative estimate of drug-likeness (QED) is 0.757. The second kappa shape index (κ2) is 6.32. The number of nitrogens with zero attached hydrogens (tertiary/aromatic N) is 1. The highest BCUT2D eigenvalue weighted by molar-refractivity contribution is 6.01. The Bertz CT molecular complexity index is 845. The van der Waals surface area contributed by atoms with Gasteiger partial charge in [0.25, 0.3) is 5.91 Å². The maximum Gasteiger partial charge on any atom is 0.252 e. The van der Waals surface area contributed by atoms with E-state index in [1.807, 2.05) is 81.4 Å². The Hall–Kier alpha value is -2.88. The maximum absolute atomic E-state index is 12.6. The summed E-state index contributed by atoms with van der Waals surface area (Å²) in [4.78, 5) is 12.6. The summed E-state index contributed by atoms with van der Waals surface area (Å²) in [6.07, 6.45) is 0. The van der Waals surface area contributed by atoms with Gasteiger partial charge in [0.2, 0.25) is 0 Å². The summed E-state index contributed by atoms with van der Waals surface area (Å²) in [7, 11) is 0. The van der Waals surface area contributed by atoms with Gasteiger partial charge in [0.1, 0.15) is 0 Å². The van der Waals surface area contributed by atoms with E-state index in [-0.39, 0.29) is 11.4 Å². The number of rotatable bonds is 3. The smallest absolute Gasteiger partial charge is 0.252 e. The third-order valence-corrected chi connectivity index (χ3v) is 3.60. The molecule has 2 aromatic carbocycles. The van der Waals surface area contributed by atoms with Crippen LogP contribution in [-0.4, -0.2) is 21.6 Å². The molecule has 0 spiro atoms. The number of hydrogen-bond acceptors (Lipinski definition) is 2. The van der Waals surface area contributed by atoms with Crippen LogP contribution in [0.25, 0.3) is 22.5 Å². The van der Waals surface area contributed by atoms with Gasteiger partial charge in [-0.3, -0.25) is 9.89 Å². The number of amides is 1. The van der Waals surface area contributed by atoms with Crippen LogP contribution in [0.4, 0.5) is 0 Å². The molecule has 122 valence electrons. The Morgan fingerprint density at radius 3 is 2.38 bits per heavy atom. The summed E-state index contributed by atoms with van der Waals surface area (Å²) >= 11 is 0. The fourth-order valence-corrected chi connectivity index (χ4v) is 2.54. The van der Waals surface area contributed by atoms with Crippen molar-refractivity contribution in [1.82, 2.24) is 15.5 Å². The molecule has 0 aliphatic rings. The highest BCUT2D eigenvalue weighted by atomic mass is 16.1. The lowest BCUT2D eigenvalue weighted by atomic mass is 10.0. The predicted octanol–water partition coefficient (Wildman–Crippen LogP) is 4.27. The van der Waals surface area contributed by atoms with Crippen LogP contribution >= 0.6 is 0 Å². The average molecular weight is 319 g/mol. The van der Waals surface area contributed by atoms with Crippen LogP contribution < -0.4 is 5.32 Å². The molecule has 1 aromatic heterocycles. The zero-order valence-corrected chi connectivity index (χ0v) is 14.1. The van der Waals surface area contributed by atoms with Crippen LogP contribution in [0.15, 0.2) is 60.7 Å². The lowest BCUT2D eigenvalue weighted by Crippen LogP contribution is -2.40. The fraction of sp³-hybridized carbons (Fsp3) is 0.200. The molecule has 0 fully saturated rings. The number of aromatic amines is 1. The molecule has 2 N–H and O–H groups in total. The van der Waals surface area contributed by atoms with Crippen LogP contribution in [0, 0.1) is 0 Å². The summed E-state index contributed by atoms with van der Waals surface area (Å²) in [5.41, 5.74) is 3.92. The molecule has 0 saturated heterocycles. The Labute approximate surface area is 141 Å². The van der Waals surface area contributed by atoms with E-state index in [1.165, 1.54) is 0 Å². The minimum absolute atomic E-state index is 0.0889. The number of carbonyl (C=O) groups is 1. The summed E-state index contributed by atoms with van der Waals surface area (Å²) in [6.45, 7) is 5.91. The van der Waals surface area contributed by atoms with Crippen molar-refractivity contribution in [2.75, 3.05) is 0 Å². The van der Waals surface area contributed by atoms with Crippen LogP contribution in [0.1, 0.15) is 31.1 Å². The van der Waals surface area contributed by atoms with Crippen LogP contribution in [0.5, 0.6) is 0 Å². The Morgan fingerprint density at radius 2 is 1.67 bits per heavy atom. The van der Waals surface area contributed by atoms with Crippen molar-refractivity contribution in [3.8, 4) is 22.5 Å². The van der Waals surface area contributed by atoms with E-state index in [0.29, 0.717) is 5.56 Å². The number of nitrogens with one attached hydrogen (secondary N) is 2. The Kier molecular flexibility index (Phi) is 4.21. The molecular formula is C20H21N3O. The van der Waals surface area contributed by atoms with Gasteiger partial charge >= 0.3 is 0 Å². The second-order valence-electron chi connectivity index (χ2n) is 6.78. The number of benzene rings is 2. The van der Waals surface area contributed by atoms with E-state index in [1.54, 1.807) is 0 Å². The topological polar surface area (TPSA) is 57.8 Å². The minimum atomic E-state index is -0.284. The molecule has 3 rings (SSSR count). The highest BCUT2D eigenvalue weighted by Gasteiger charge is 2.19. The molecule has 4 nitrogen and oxygen atoms in total. The van der Waals surface area contributed by atoms with Crippen LogP contribution in [0.2, 0.25) is 0 Å². The third kappa shape index (κ3) is 3.54. The normalized spacial score (nSPS) is 11.3. The van der Waals surface area contributed by atoms with Gasteiger partial charge in [-0.05, 0) is 32.9 Å². The van der Waals surface area contributed by atoms with Crippen molar-refractivity contribution < 1.29 is 4.79 Å². The van der Waals surface area contributed by atoms with Gasteiger partial charge in [0, 0.05) is 22.2 Å². The molecule has 0 saturated carbocycles. The Morgan fingerprint density at radius 1 is 1.00 bits per heavy atom. The van der Waals surface area contributed by atoms with E-state index < -0.39 is 0 Å². The SMILES string of the molecule is CC(C)(C)NC(=O)c1ccccc1-c1cc(-c2ccccc2)n[nH]1. The van der Waals surface area contributed by atoms with Crippen LogP contribution in [-0.2, 0) is 0 Å². The van der Waals surface area contributed by atoms with Gasteiger partial charge < -0.3 is 5.32 Å². The van der Waals surface area contributed by atoms with Crippen molar-refractivity contribution in [2.45, 2.75) is 26.3 Å². The largest absolute Gasteiger partial charge is 0.347 e. The van der Waals surface area contributed by atoms with Gasteiger partial charge in [-0.15, -0.1) is 0 Å². The van der Waals surface area contributed by atoms with Crippen molar-refractivity contribution >= 4 is 5.91 Å². The van der Waals surface area contributed by atoms with E-state index in [9.17, 15) is 4.79 Å². The lowest BCUT2D eigenvalue weighted by Gasteiger charge is -2.21. The zero-order chi connectivity index (χ0) is 17.2. The molecular weight excluding hydrogens is 298 g/mol. The number of carbonyl (C=O) groups excluding carboxylic acids is 1. The van der Waals surface area contributed by atoms with E-state index >= 15 is 0 Å². The first-order valence-electron chi connectivity index (χ1n) is 7.97. The van der Waals surface area contributed by atoms with E-state index in [0.717, 1.165) is 22.5 Å². The van der Waals surface area contributed by atoms with Crippen molar-refractivity contribution in [3.63, 3.8) is 0 Å². The molecule has 0 unspecified atom stereocenters. The minimum Gasteiger partial charge on any atom is -0.347 e. The number of H-pyrrole nitrogens is 1. The first-order valence-corrected chi connectivity index (χ1v) is 7.97. The van der Waals surface area contributed by atoms with Gasteiger partial charge in [-0.1, -0.05) is 48.5 Å². The summed E-state index contributed by atoms with van der Waals surface area (Å²) in [6, 6.07) is 19.5. The Balaban J connectivity index is 1.96. The van der Waals surface area contributed by atoms with Gasteiger partial charge in [0.05, 0.1) is 11.4 Å². The number of aromatic nitrogens is 2. The maximum atomic E-state index is 12.6. The molecule has 0 bridgehead atoms.